The average molecular weight is 352 g/mol. The van der Waals surface area contributed by atoms with Gasteiger partial charge in [-0.25, -0.2) is 14.4 Å². The number of esters is 1. The smallest absolute Gasteiger partial charge is 0.373 e. The van der Waals surface area contributed by atoms with Gasteiger partial charge in [0.1, 0.15) is 0 Å². The Balaban J connectivity index is 2.78. The second kappa shape index (κ2) is 11.2. The van der Waals surface area contributed by atoms with Gasteiger partial charge in [0.25, 0.3) is 0 Å². The summed E-state index contributed by atoms with van der Waals surface area (Å²) in [5.41, 5.74) is -0.464. The van der Waals surface area contributed by atoms with Gasteiger partial charge in [-0.15, -0.1) is 0 Å². The van der Waals surface area contributed by atoms with Crippen molar-refractivity contribution in [1.29, 1.82) is 0 Å². The Labute approximate surface area is 146 Å². The van der Waals surface area contributed by atoms with Crippen LogP contribution in [0.2, 0.25) is 0 Å². The molecular weight excluding hydrogens is 328 g/mol. The number of hydrogen-bond acceptors (Lipinski definition) is 6. The first-order chi connectivity index (χ1) is 12.0. The predicted molar refractivity (Wildman–Crippen MR) is 89.5 cm³/mol. The number of carboxylic acids is 1. The fourth-order valence-electron chi connectivity index (χ4n) is 1.97. The van der Waals surface area contributed by atoms with Gasteiger partial charge in [0.05, 0.1) is 29.9 Å². The molecule has 25 heavy (non-hydrogen) atoms. The van der Waals surface area contributed by atoms with Crippen molar-refractivity contribution in [3.8, 4) is 0 Å². The van der Waals surface area contributed by atoms with Crippen molar-refractivity contribution >= 4 is 17.9 Å². The summed E-state index contributed by atoms with van der Waals surface area (Å²) >= 11 is 0. The van der Waals surface area contributed by atoms with E-state index >= 15 is 0 Å². The molecule has 7 nitrogen and oxygen atoms in total. The highest BCUT2D eigenvalue weighted by molar-refractivity contribution is 6.04. The lowest BCUT2D eigenvalue weighted by molar-refractivity contribution is -0.241. The molecule has 0 aliphatic heterocycles. The minimum atomic E-state index is -1.35. The third-order valence-corrected chi connectivity index (χ3v) is 3.40. The first-order valence-electron chi connectivity index (χ1n) is 8.39. The molecule has 0 spiro atoms. The molecule has 7 heteroatoms. The summed E-state index contributed by atoms with van der Waals surface area (Å²) in [6.07, 6.45) is 4.26. The highest BCUT2D eigenvalue weighted by Gasteiger charge is 2.21. The summed E-state index contributed by atoms with van der Waals surface area (Å²) in [5.74, 6) is -2.90. The molecule has 1 aromatic carbocycles. The van der Waals surface area contributed by atoms with Gasteiger partial charge in [0, 0.05) is 0 Å². The first-order valence-corrected chi connectivity index (χ1v) is 8.39. The Kier molecular flexibility index (Phi) is 9.24. The Morgan fingerprint density at radius 1 is 0.920 bits per heavy atom. The fourth-order valence-corrected chi connectivity index (χ4v) is 1.97. The molecule has 0 heterocycles. The van der Waals surface area contributed by atoms with E-state index < -0.39 is 17.9 Å². The third kappa shape index (κ3) is 6.93. The normalized spacial score (nSPS) is 10.3. The lowest BCUT2D eigenvalue weighted by atomic mass is 10.0. The highest BCUT2D eigenvalue weighted by Crippen LogP contribution is 2.15. The summed E-state index contributed by atoms with van der Waals surface area (Å²) < 4.78 is 5.03. The molecule has 0 unspecified atom stereocenters. The van der Waals surface area contributed by atoms with Crippen LogP contribution < -0.4 is 0 Å². The van der Waals surface area contributed by atoms with Crippen molar-refractivity contribution < 1.29 is 34.0 Å². The number of aromatic carboxylic acids is 1. The SMILES string of the molecule is CCCCCOOC(=O)c1ccc(C(=O)OCCCC)cc1C(=O)O. The molecule has 0 aliphatic rings. The second-order valence-corrected chi connectivity index (χ2v) is 5.45. The van der Waals surface area contributed by atoms with Crippen LogP contribution in [0.1, 0.15) is 77.0 Å². The van der Waals surface area contributed by atoms with Crippen molar-refractivity contribution in [2.45, 2.75) is 46.0 Å². The topological polar surface area (TPSA) is 99.1 Å². The molecule has 0 bridgehead atoms. The number of carbonyl (C=O) groups is 3. The van der Waals surface area contributed by atoms with Gasteiger partial charge in [-0.3, -0.25) is 4.89 Å². The van der Waals surface area contributed by atoms with Crippen LogP contribution in [0.4, 0.5) is 0 Å². The number of ether oxygens (including phenoxy) is 1. The van der Waals surface area contributed by atoms with Gasteiger partial charge in [0.15, 0.2) is 0 Å². The Hall–Kier alpha value is -2.41. The van der Waals surface area contributed by atoms with E-state index in [9.17, 15) is 19.5 Å². The molecule has 138 valence electrons. The molecule has 0 amide bonds. The Bertz CT molecular complexity index is 595. The van der Waals surface area contributed by atoms with Crippen LogP contribution in [-0.2, 0) is 14.5 Å². The third-order valence-electron chi connectivity index (χ3n) is 3.40. The van der Waals surface area contributed by atoms with Crippen molar-refractivity contribution in [1.82, 2.24) is 0 Å². The molecular formula is C18H24O7. The minimum Gasteiger partial charge on any atom is -0.478 e. The zero-order valence-corrected chi connectivity index (χ0v) is 14.6. The summed E-state index contributed by atoms with van der Waals surface area (Å²) in [7, 11) is 0. The number of benzene rings is 1. The van der Waals surface area contributed by atoms with Crippen molar-refractivity contribution in [3.63, 3.8) is 0 Å². The Morgan fingerprint density at radius 2 is 1.64 bits per heavy atom. The molecule has 1 rings (SSSR count). The van der Waals surface area contributed by atoms with Gasteiger partial charge in [-0.05, 0) is 31.0 Å². The zero-order chi connectivity index (χ0) is 18.7. The zero-order valence-electron chi connectivity index (χ0n) is 14.6. The summed E-state index contributed by atoms with van der Waals surface area (Å²) in [6, 6.07) is 3.65. The molecule has 0 saturated heterocycles. The van der Waals surface area contributed by atoms with Crippen molar-refractivity contribution in [3.05, 3.63) is 34.9 Å². The van der Waals surface area contributed by atoms with E-state index in [4.69, 9.17) is 9.62 Å². The molecule has 0 fully saturated rings. The van der Waals surface area contributed by atoms with Crippen molar-refractivity contribution in [2.24, 2.45) is 0 Å². The molecule has 0 aromatic heterocycles. The fraction of sp³-hybridized carbons (Fsp3) is 0.500. The first kappa shape index (κ1) is 20.6. The van der Waals surface area contributed by atoms with Gasteiger partial charge < -0.3 is 9.84 Å². The minimum absolute atomic E-state index is 0.0638. The number of unbranched alkanes of at least 4 members (excludes halogenated alkanes) is 3. The second-order valence-electron chi connectivity index (χ2n) is 5.45. The molecule has 0 saturated carbocycles. The largest absolute Gasteiger partial charge is 0.478 e. The molecule has 0 radical (unpaired) electrons. The monoisotopic (exact) mass is 352 g/mol. The average Bonchev–Trinajstić information content (AvgIpc) is 2.60. The highest BCUT2D eigenvalue weighted by atomic mass is 17.2. The van der Waals surface area contributed by atoms with Gasteiger partial charge in [-0.1, -0.05) is 33.1 Å². The standard InChI is InChI=1S/C18H24O7/c1-3-5-7-11-24-25-18(22)14-9-8-13(12-15(14)16(19)20)17(21)23-10-6-4-2/h8-9,12H,3-7,10-11H2,1-2H3,(H,19,20). The molecule has 1 aromatic rings. The van der Waals surface area contributed by atoms with Crippen LogP contribution in [0.5, 0.6) is 0 Å². The van der Waals surface area contributed by atoms with E-state index in [-0.39, 0.29) is 29.9 Å². The van der Waals surface area contributed by atoms with Gasteiger partial charge in [0.2, 0.25) is 0 Å². The van der Waals surface area contributed by atoms with E-state index in [0.717, 1.165) is 38.2 Å². The van der Waals surface area contributed by atoms with Crippen LogP contribution >= 0.6 is 0 Å². The van der Waals surface area contributed by atoms with E-state index in [2.05, 4.69) is 4.89 Å². The lowest BCUT2D eigenvalue weighted by Gasteiger charge is -2.08. The lowest BCUT2D eigenvalue weighted by Crippen LogP contribution is -2.15. The maximum Gasteiger partial charge on any atom is 0.373 e. The summed E-state index contributed by atoms with van der Waals surface area (Å²) in [6.45, 7) is 4.48. The number of hydrogen-bond donors (Lipinski definition) is 1. The van der Waals surface area contributed by atoms with E-state index in [1.165, 1.54) is 12.1 Å². The van der Waals surface area contributed by atoms with Gasteiger partial charge >= 0.3 is 17.9 Å². The molecule has 1 N–H and O–H groups in total. The van der Waals surface area contributed by atoms with Crippen LogP contribution in [0, 0.1) is 0 Å². The number of carboxylic acid groups (broad SMARTS) is 1. The van der Waals surface area contributed by atoms with Gasteiger partial charge in [-0.2, -0.15) is 4.89 Å². The summed E-state index contributed by atoms with van der Waals surface area (Å²) in [4.78, 5) is 44.7. The van der Waals surface area contributed by atoms with Crippen LogP contribution in [0.15, 0.2) is 18.2 Å². The number of rotatable bonds is 11. The van der Waals surface area contributed by atoms with Crippen LogP contribution in [0.3, 0.4) is 0 Å². The molecule has 0 atom stereocenters. The molecule has 0 aliphatic carbocycles. The Morgan fingerprint density at radius 3 is 2.28 bits per heavy atom. The summed E-state index contributed by atoms with van der Waals surface area (Å²) in [5, 5.41) is 9.28. The van der Waals surface area contributed by atoms with E-state index in [0.29, 0.717) is 0 Å². The van der Waals surface area contributed by atoms with Crippen LogP contribution in [-0.4, -0.2) is 36.2 Å². The maximum absolute atomic E-state index is 12.0. The van der Waals surface area contributed by atoms with Crippen molar-refractivity contribution in [2.75, 3.05) is 13.2 Å². The van der Waals surface area contributed by atoms with E-state index in [1.54, 1.807) is 0 Å². The quantitative estimate of drug-likeness (QED) is 0.281. The predicted octanol–water partition coefficient (Wildman–Crippen LogP) is 3.62. The van der Waals surface area contributed by atoms with E-state index in [1.807, 2.05) is 13.8 Å². The maximum atomic E-state index is 12.0. The van der Waals surface area contributed by atoms with Crippen LogP contribution in [0.25, 0.3) is 0 Å². The number of carbonyl (C=O) groups excluding carboxylic acids is 2.